The molecule has 0 unspecified atom stereocenters. The number of amides is 1. The van der Waals surface area contributed by atoms with Crippen LogP contribution in [0.3, 0.4) is 0 Å². The van der Waals surface area contributed by atoms with Crippen LogP contribution >= 0.6 is 0 Å². The minimum atomic E-state index is -0.318. The van der Waals surface area contributed by atoms with Gasteiger partial charge in [-0.05, 0) is 17.1 Å². The SMILES string of the molecule is O=C1C=C[N+](=O)N1c1ccccc1. The van der Waals surface area contributed by atoms with Crippen molar-refractivity contribution in [3.8, 4) is 0 Å². The molecule has 1 aliphatic heterocycles. The van der Waals surface area contributed by atoms with E-state index in [9.17, 15) is 9.70 Å². The number of carbonyl (C=O) groups is 1. The van der Waals surface area contributed by atoms with Gasteiger partial charge in [-0.15, -0.1) is 0 Å². The molecule has 4 nitrogen and oxygen atoms in total. The fraction of sp³-hybridized carbons (Fsp3) is 0. The fourth-order valence-electron chi connectivity index (χ4n) is 1.17. The molecule has 0 bridgehead atoms. The van der Waals surface area contributed by atoms with E-state index in [-0.39, 0.29) is 5.91 Å². The van der Waals surface area contributed by atoms with Crippen molar-refractivity contribution in [2.24, 2.45) is 0 Å². The van der Waals surface area contributed by atoms with Gasteiger partial charge in [-0.1, -0.05) is 18.2 Å². The topological polar surface area (TPSA) is 40.4 Å². The lowest BCUT2D eigenvalue weighted by Crippen LogP contribution is -2.30. The van der Waals surface area contributed by atoms with Gasteiger partial charge < -0.3 is 0 Å². The number of anilines is 1. The quantitative estimate of drug-likeness (QED) is 0.602. The lowest BCUT2D eigenvalue weighted by molar-refractivity contribution is -0.476. The Morgan fingerprint density at radius 3 is 2.38 bits per heavy atom. The smallest absolute Gasteiger partial charge is 0.263 e. The maximum atomic E-state index is 11.2. The summed E-state index contributed by atoms with van der Waals surface area (Å²) in [6.07, 6.45) is 2.43. The summed E-state index contributed by atoms with van der Waals surface area (Å²) in [5.41, 5.74) is 0.576. The van der Waals surface area contributed by atoms with E-state index in [1.807, 2.05) is 6.07 Å². The van der Waals surface area contributed by atoms with E-state index in [0.717, 1.165) is 5.01 Å². The normalized spacial score (nSPS) is 15.5. The summed E-state index contributed by atoms with van der Waals surface area (Å²) in [4.78, 5) is 22.8. The van der Waals surface area contributed by atoms with Gasteiger partial charge in [0.1, 0.15) is 5.69 Å². The van der Waals surface area contributed by atoms with Crippen molar-refractivity contribution in [2.45, 2.75) is 0 Å². The summed E-state index contributed by atoms with van der Waals surface area (Å²) in [5, 5.41) is 1.06. The Morgan fingerprint density at radius 2 is 1.85 bits per heavy atom. The molecule has 1 heterocycles. The molecule has 0 saturated heterocycles. The molecule has 13 heavy (non-hydrogen) atoms. The van der Waals surface area contributed by atoms with Crippen LogP contribution in [-0.4, -0.2) is 10.8 Å². The van der Waals surface area contributed by atoms with Crippen LogP contribution < -0.4 is 5.01 Å². The molecule has 1 amide bonds. The Labute approximate surface area is 74.6 Å². The summed E-state index contributed by atoms with van der Waals surface area (Å²) in [6.45, 7) is 0. The molecule has 0 saturated carbocycles. The molecule has 64 valence electrons. The van der Waals surface area contributed by atoms with Crippen molar-refractivity contribution in [1.82, 2.24) is 0 Å². The predicted molar refractivity (Wildman–Crippen MR) is 46.7 cm³/mol. The molecule has 2 rings (SSSR count). The van der Waals surface area contributed by atoms with Gasteiger partial charge in [0, 0.05) is 0 Å². The van der Waals surface area contributed by atoms with Crippen LogP contribution in [0.4, 0.5) is 5.69 Å². The van der Waals surface area contributed by atoms with Crippen LogP contribution in [0.25, 0.3) is 0 Å². The Balaban J connectivity index is 2.38. The number of carbonyl (C=O) groups excluding carboxylic acids is 1. The largest absolute Gasteiger partial charge is 0.318 e. The number of hydrazine groups is 1. The van der Waals surface area contributed by atoms with Crippen LogP contribution in [0.5, 0.6) is 0 Å². The number of nitroso groups, excluding NO2 is 1. The monoisotopic (exact) mass is 175 g/mol. The van der Waals surface area contributed by atoms with Gasteiger partial charge in [-0.3, -0.25) is 4.79 Å². The fourth-order valence-corrected chi connectivity index (χ4v) is 1.17. The Morgan fingerprint density at radius 1 is 1.15 bits per heavy atom. The zero-order valence-electron chi connectivity index (χ0n) is 6.75. The number of para-hydroxylation sites is 1. The highest BCUT2D eigenvalue weighted by atomic mass is 16.3. The molecule has 1 aromatic rings. The zero-order chi connectivity index (χ0) is 9.26. The first-order valence-corrected chi connectivity index (χ1v) is 3.82. The molecule has 0 atom stereocenters. The third-order valence-electron chi connectivity index (χ3n) is 1.75. The van der Waals surface area contributed by atoms with Crippen molar-refractivity contribution in [3.63, 3.8) is 0 Å². The molecule has 1 aliphatic rings. The third-order valence-corrected chi connectivity index (χ3v) is 1.75. The molecule has 4 heteroatoms. The molecule has 0 radical (unpaired) electrons. The van der Waals surface area contributed by atoms with E-state index in [0.29, 0.717) is 10.6 Å². The molecular weight excluding hydrogens is 168 g/mol. The van der Waals surface area contributed by atoms with Crippen LogP contribution in [0.2, 0.25) is 0 Å². The van der Waals surface area contributed by atoms with E-state index in [1.165, 1.54) is 12.3 Å². The average molecular weight is 175 g/mol. The number of hydrogen-bond acceptors (Lipinski definition) is 2. The van der Waals surface area contributed by atoms with E-state index in [1.54, 1.807) is 24.3 Å². The first kappa shape index (κ1) is 7.67. The van der Waals surface area contributed by atoms with Gasteiger partial charge in [-0.2, -0.15) is 0 Å². The highest BCUT2D eigenvalue weighted by molar-refractivity contribution is 6.00. The van der Waals surface area contributed by atoms with Crippen molar-refractivity contribution >= 4 is 11.6 Å². The van der Waals surface area contributed by atoms with E-state index in [2.05, 4.69) is 0 Å². The first-order chi connectivity index (χ1) is 6.29. The summed E-state index contributed by atoms with van der Waals surface area (Å²) in [6, 6.07) is 8.78. The molecule has 0 aliphatic carbocycles. The number of hydrogen-bond donors (Lipinski definition) is 0. The summed E-state index contributed by atoms with van der Waals surface area (Å²) < 4.78 is 0. The van der Waals surface area contributed by atoms with E-state index < -0.39 is 0 Å². The van der Waals surface area contributed by atoms with Crippen LogP contribution in [-0.2, 0) is 4.79 Å². The van der Waals surface area contributed by atoms with Crippen LogP contribution in [0.15, 0.2) is 42.6 Å². The van der Waals surface area contributed by atoms with Crippen LogP contribution in [0.1, 0.15) is 0 Å². The van der Waals surface area contributed by atoms with Gasteiger partial charge >= 0.3 is 5.91 Å². The highest BCUT2D eigenvalue weighted by Crippen LogP contribution is 2.16. The molecule has 0 spiro atoms. The van der Waals surface area contributed by atoms with E-state index >= 15 is 0 Å². The lowest BCUT2D eigenvalue weighted by Gasteiger charge is -2.03. The minimum absolute atomic E-state index is 0.318. The van der Waals surface area contributed by atoms with Crippen molar-refractivity contribution in [2.75, 3.05) is 5.01 Å². The second-order valence-electron chi connectivity index (χ2n) is 2.60. The second-order valence-corrected chi connectivity index (χ2v) is 2.60. The Kier molecular flexibility index (Phi) is 1.66. The van der Waals surface area contributed by atoms with Gasteiger partial charge in [0.25, 0.3) is 6.20 Å². The first-order valence-electron chi connectivity index (χ1n) is 3.82. The lowest BCUT2D eigenvalue weighted by atomic mass is 10.3. The van der Waals surface area contributed by atoms with E-state index in [4.69, 9.17) is 0 Å². The van der Waals surface area contributed by atoms with Gasteiger partial charge in [0.15, 0.2) is 4.87 Å². The van der Waals surface area contributed by atoms with Gasteiger partial charge in [0.2, 0.25) is 0 Å². The van der Waals surface area contributed by atoms with Crippen LogP contribution in [0, 0.1) is 4.91 Å². The molecule has 1 aromatic carbocycles. The average Bonchev–Trinajstić information content (AvgIpc) is 2.48. The van der Waals surface area contributed by atoms with Crippen molar-refractivity contribution in [3.05, 3.63) is 47.5 Å². The highest BCUT2D eigenvalue weighted by Gasteiger charge is 2.33. The second kappa shape index (κ2) is 2.82. The third kappa shape index (κ3) is 1.22. The summed E-state index contributed by atoms with van der Waals surface area (Å²) >= 11 is 0. The Bertz CT molecular complexity index is 366. The van der Waals surface area contributed by atoms with Crippen molar-refractivity contribution in [1.29, 1.82) is 0 Å². The molecule has 0 aromatic heterocycles. The maximum Gasteiger partial charge on any atom is 0.318 e. The maximum absolute atomic E-state index is 11.2. The zero-order valence-corrected chi connectivity index (χ0v) is 6.75. The van der Waals surface area contributed by atoms with Gasteiger partial charge in [0.05, 0.1) is 11.0 Å². The minimum Gasteiger partial charge on any atom is -0.263 e. The summed E-state index contributed by atoms with van der Waals surface area (Å²) in [5.74, 6) is -0.318. The standard InChI is InChI=1S/C9H7N2O2/c12-9-6-7-10(13)11(9)8-4-2-1-3-5-8/h1-7H/q+1. The Hall–Kier alpha value is -1.97. The predicted octanol–water partition coefficient (Wildman–Crippen LogP) is 1.24. The van der Waals surface area contributed by atoms with Gasteiger partial charge in [-0.25, -0.2) is 0 Å². The number of benzene rings is 1. The van der Waals surface area contributed by atoms with Crippen molar-refractivity contribution < 1.29 is 9.66 Å². The molecule has 0 fully saturated rings. The number of nitrogens with zero attached hydrogens (tertiary/aromatic N) is 2. The summed E-state index contributed by atoms with van der Waals surface area (Å²) in [7, 11) is 0. The molecule has 0 N–H and O–H groups in total. The molecular formula is C9H7N2O2+. The number of rotatable bonds is 1.